The zero-order chi connectivity index (χ0) is 11.4. The van der Waals surface area contributed by atoms with E-state index in [2.05, 4.69) is 35.8 Å². The van der Waals surface area contributed by atoms with Gasteiger partial charge in [0.15, 0.2) is 0 Å². The maximum atomic E-state index is 8.78. The van der Waals surface area contributed by atoms with Crippen LogP contribution in [-0.4, -0.2) is 6.04 Å². The number of thiophene rings is 1. The van der Waals surface area contributed by atoms with Gasteiger partial charge in [0.1, 0.15) is 0 Å². The van der Waals surface area contributed by atoms with Crippen LogP contribution in [0.1, 0.15) is 43.5 Å². The largest absolute Gasteiger partial charge is 0.305 e. The van der Waals surface area contributed by atoms with Gasteiger partial charge in [0.2, 0.25) is 0 Å². The highest BCUT2D eigenvalue weighted by atomic mass is 32.1. The van der Waals surface area contributed by atoms with Crippen molar-refractivity contribution in [3.8, 4) is 6.07 Å². The summed E-state index contributed by atoms with van der Waals surface area (Å²) in [7, 11) is 0. The molecule has 2 rings (SSSR count). The molecule has 2 atom stereocenters. The van der Waals surface area contributed by atoms with Gasteiger partial charge in [-0.25, -0.2) is 0 Å². The van der Waals surface area contributed by atoms with Crippen LogP contribution in [0.3, 0.4) is 0 Å². The fraction of sp³-hybridized carbons (Fsp3) is 0.615. The van der Waals surface area contributed by atoms with Crippen molar-refractivity contribution in [2.75, 3.05) is 0 Å². The molecule has 2 unspecified atom stereocenters. The lowest BCUT2D eigenvalue weighted by molar-refractivity contribution is 0.401. The van der Waals surface area contributed by atoms with E-state index in [0.29, 0.717) is 18.5 Å². The van der Waals surface area contributed by atoms with E-state index in [9.17, 15) is 0 Å². The number of nitrogens with one attached hydrogen (secondary N) is 1. The van der Waals surface area contributed by atoms with Crippen LogP contribution in [0.15, 0.2) is 17.5 Å². The molecule has 86 valence electrons. The molecule has 0 aromatic carbocycles. The Kier molecular flexibility index (Phi) is 3.98. The summed E-state index contributed by atoms with van der Waals surface area (Å²) in [4.78, 5) is 1.43. The summed E-state index contributed by atoms with van der Waals surface area (Å²) in [5.74, 6) is 0.798. The third-order valence-electron chi connectivity index (χ3n) is 3.19. The Morgan fingerprint density at radius 1 is 1.62 bits per heavy atom. The SMILES string of the molecule is CCC(CC#N)NC(c1cccs1)C1CC1. The Morgan fingerprint density at radius 2 is 2.44 bits per heavy atom. The van der Waals surface area contributed by atoms with E-state index in [-0.39, 0.29) is 0 Å². The maximum absolute atomic E-state index is 8.78. The number of nitrogens with zero attached hydrogens (tertiary/aromatic N) is 1. The molecule has 2 nitrogen and oxygen atoms in total. The van der Waals surface area contributed by atoms with E-state index in [1.165, 1.54) is 17.7 Å². The predicted octanol–water partition coefficient (Wildman–Crippen LogP) is 3.48. The van der Waals surface area contributed by atoms with Crippen molar-refractivity contribution >= 4 is 11.3 Å². The van der Waals surface area contributed by atoms with E-state index in [1.807, 2.05) is 11.3 Å². The molecule has 1 heterocycles. The first-order chi connectivity index (χ1) is 7.85. The molecule has 1 N–H and O–H groups in total. The first-order valence-electron chi connectivity index (χ1n) is 6.01. The average molecular weight is 234 g/mol. The topological polar surface area (TPSA) is 35.8 Å². The van der Waals surface area contributed by atoms with Gasteiger partial charge in [-0.2, -0.15) is 5.26 Å². The Hall–Kier alpha value is -0.850. The number of rotatable bonds is 6. The zero-order valence-corrected chi connectivity index (χ0v) is 10.5. The second-order valence-electron chi connectivity index (χ2n) is 4.46. The van der Waals surface area contributed by atoms with Crippen molar-refractivity contribution in [3.63, 3.8) is 0 Å². The Bertz CT molecular complexity index is 349. The van der Waals surface area contributed by atoms with E-state index < -0.39 is 0 Å². The summed E-state index contributed by atoms with van der Waals surface area (Å²) in [6.07, 6.45) is 4.31. The van der Waals surface area contributed by atoms with Crippen LogP contribution in [0.4, 0.5) is 0 Å². The zero-order valence-electron chi connectivity index (χ0n) is 9.65. The molecule has 1 aromatic rings. The van der Waals surface area contributed by atoms with Gasteiger partial charge in [-0.1, -0.05) is 13.0 Å². The lowest BCUT2D eigenvalue weighted by Crippen LogP contribution is -2.32. The van der Waals surface area contributed by atoms with Gasteiger partial charge in [-0.3, -0.25) is 0 Å². The molecule has 1 aliphatic rings. The minimum atomic E-state index is 0.345. The van der Waals surface area contributed by atoms with Crippen molar-refractivity contribution in [1.29, 1.82) is 5.26 Å². The minimum absolute atomic E-state index is 0.345. The van der Waals surface area contributed by atoms with Crippen LogP contribution in [0, 0.1) is 17.2 Å². The molecular formula is C13H18N2S. The van der Waals surface area contributed by atoms with Crippen molar-refractivity contribution in [2.45, 2.75) is 44.7 Å². The van der Waals surface area contributed by atoms with Crippen LogP contribution in [0.2, 0.25) is 0 Å². The van der Waals surface area contributed by atoms with Gasteiger partial charge in [0, 0.05) is 17.0 Å². The van der Waals surface area contributed by atoms with Crippen LogP contribution in [-0.2, 0) is 0 Å². The van der Waals surface area contributed by atoms with E-state index in [1.54, 1.807) is 0 Å². The maximum Gasteiger partial charge on any atom is 0.0638 e. The van der Waals surface area contributed by atoms with Crippen molar-refractivity contribution in [1.82, 2.24) is 5.32 Å². The smallest absolute Gasteiger partial charge is 0.0638 e. The normalized spacial score (nSPS) is 19.0. The van der Waals surface area contributed by atoms with Crippen molar-refractivity contribution in [2.24, 2.45) is 5.92 Å². The molecule has 0 radical (unpaired) electrons. The Balaban J connectivity index is 2.00. The van der Waals surface area contributed by atoms with Gasteiger partial charge in [0.05, 0.1) is 12.5 Å². The predicted molar refractivity (Wildman–Crippen MR) is 67.2 cm³/mol. The summed E-state index contributed by atoms with van der Waals surface area (Å²) in [6, 6.07) is 7.42. The second kappa shape index (κ2) is 5.47. The molecule has 0 amide bonds. The Morgan fingerprint density at radius 3 is 2.94 bits per heavy atom. The van der Waals surface area contributed by atoms with E-state index in [4.69, 9.17) is 5.26 Å². The summed E-state index contributed by atoms with van der Waals surface area (Å²) in [5.41, 5.74) is 0. The molecule has 1 saturated carbocycles. The molecule has 0 aliphatic heterocycles. The van der Waals surface area contributed by atoms with Crippen LogP contribution >= 0.6 is 11.3 Å². The molecule has 1 aliphatic carbocycles. The summed E-state index contributed by atoms with van der Waals surface area (Å²) >= 11 is 1.82. The molecular weight excluding hydrogens is 216 g/mol. The molecule has 16 heavy (non-hydrogen) atoms. The molecule has 1 fully saturated rings. The molecule has 1 aromatic heterocycles. The first kappa shape index (κ1) is 11.6. The fourth-order valence-corrected chi connectivity index (χ4v) is 2.91. The number of nitriles is 1. The van der Waals surface area contributed by atoms with E-state index >= 15 is 0 Å². The molecule has 0 bridgehead atoms. The first-order valence-corrected chi connectivity index (χ1v) is 6.89. The monoisotopic (exact) mass is 234 g/mol. The summed E-state index contributed by atoms with van der Waals surface area (Å²) in [5, 5.41) is 14.6. The van der Waals surface area contributed by atoms with Crippen LogP contribution in [0.25, 0.3) is 0 Å². The second-order valence-corrected chi connectivity index (χ2v) is 5.44. The van der Waals surface area contributed by atoms with E-state index in [0.717, 1.165) is 12.3 Å². The van der Waals surface area contributed by atoms with Gasteiger partial charge in [-0.05, 0) is 36.6 Å². The molecule has 0 spiro atoms. The third-order valence-corrected chi connectivity index (χ3v) is 4.14. The lowest BCUT2D eigenvalue weighted by Gasteiger charge is -2.22. The van der Waals surface area contributed by atoms with Crippen molar-refractivity contribution < 1.29 is 0 Å². The average Bonchev–Trinajstić information content (AvgIpc) is 2.99. The highest BCUT2D eigenvalue weighted by Gasteiger charge is 2.33. The van der Waals surface area contributed by atoms with Crippen LogP contribution < -0.4 is 5.32 Å². The van der Waals surface area contributed by atoms with Crippen LogP contribution in [0.5, 0.6) is 0 Å². The fourth-order valence-electron chi connectivity index (χ4n) is 2.03. The third kappa shape index (κ3) is 2.84. The quantitative estimate of drug-likeness (QED) is 0.818. The standard InChI is InChI=1S/C13H18N2S/c1-2-11(7-8-14)15-13(10-5-6-10)12-4-3-9-16-12/h3-4,9-11,13,15H,2,5-7H2,1H3. The number of hydrogen-bond donors (Lipinski definition) is 1. The highest BCUT2D eigenvalue weighted by Crippen LogP contribution is 2.42. The summed E-state index contributed by atoms with van der Waals surface area (Å²) in [6.45, 7) is 2.15. The van der Waals surface area contributed by atoms with Gasteiger partial charge in [0.25, 0.3) is 0 Å². The molecule has 0 saturated heterocycles. The van der Waals surface area contributed by atoms with Crippen molar-refractivity contribution in [3.05, 3.63) is 22.4 Å². The lowest BCUT2D eigenvalue weighted by atomic mass is 10.1. The number of hydrogen-bond acceptors (Lipinski definition) is 3. The Labute approximate surface area is 101 Å². The van der Waals surface area contributed by atoms with Gasteiger partial charge >= 0.3 is 0 Å². The van der Waals surface area contributed by atoms with Gasteiger partial charge in [-0.15, -0.1) is 11.3 Å². The highest BCUT2D eigenvalue weighted by molar-refractivity contribution is 7.10. The molecule has 3 heteroatoms. The minimum Gasteiger partial charge on any atom is -0.305 e. The van der Waals surface area contributed by atoms with Gasteiger partial charge < -0.3 is 5.32 Å². The summed E-state index contributed by atoms with van der Waals surface area (Å²) < 4.78 is 0.